The quantitative estimate of drug-likeness (QED) is 0.714. The van der Waals surface area contributed by atoms with Gasteiger partial charge in [-0.15, -0.1) is 0 Å². The lowest BCUT2D eigenvalue weighted by atomic mass is 9.97. The number of hydrogen-bond donors (Lipinski definition) is 2. The van der Waals surface area contributed by atoms with Crippen LogP contribution in [0.2, 0.25) is 0 Å². The van der Waals surface area contributed by atoms with Crippen molar-refractivity contribution in [1.29, 1.82) is 0 Å². The van der Waals surface area contributed by atoms with Crippen LogP contribution in [-0.4, -0.2) is 30.9 Å². The van der Waals surface area contributed by atoms with E-state index < -0.39 is 0 Å². The summed E-state index contributed by atoms with van der Waals surface area (Å²) in [5.41, 5.74) is 1.04. The predicted octanol–water partition coefficient (Wildman–Crippen LogP) is 2.12. The van der Waals surface area contributed by atoms with Crippen molar-refractivity contribution in [2.45, 2.75) is 32.2 Å². The molecule has 0 aromatic heterocycles. The summed E-state index contributed by atoms with van der Waals surface area (Å²) in [7, 11) is 1.87. The molecule has 0 radical (unpaired) electrons. The van der Waals surface area contributed by atoms with Gasteiger partial charge >= 0.3 is 0 Å². The van der Waals surface area contributed by atoms with Crippen LogP contribution in [0, 0.1) is 6.92 Å². The van der Waals surface area contributed by atoms with Crippen LogP contribution >= 0.6 is 0 Å². The highest BCUT2D eigenvalue weighted by Gasteiger charge is 2.19. The second-order valence-corrected chi connectivity index (χ2v) is 4.73. The summed E-state index contributed by atoms with van der Waals surface area (Å²) in [6.07, 6.45) is 1.82. The van der Waals surface area contributed by atoms with Crippen molar-refractivity contribution in [1.82, 2.24) is 5.32 Å². The van der Waals surface area contributed by atoms with Crippen LogP contribution in [0.1, 0.15) is 25.3 Å². The number of likely N-dealkylation sites (N-methyl/N-ethyl adjacent to an activating group) is 1. The molecule has 0 saturated heterocycles. The number of rotatable bonds is 7. The molecule has 0 heterocycles. The van der Waals surface area contributed by atoms with Gasteiger partial charge in [0.2, 0.25) is 0 Å². The maximum atomic E-state index is 9.23. The molecular weight excluding hydrogens is 214 g/mol. The van der Waals surface area contributed by atoms with Crippen LogP contribution in [-0.2, 0) is 0 Å². The fraction of sp³-hybridized carbons (Fsp3) is 0.571. The number of benzene rings is 1. The lowest BCUT2D eigenvalue weighted by molar-refractivity contribution is 0.163. The van der Waals surface area contributed by atoms with Gasteiger partial charge in [0.25, 0.3) is 0 Å². The van der Waals surface area contributed by atoms with Crippen molar-refractivity contribution in [2.24, 2.45) is 0 Å². The number of aryl methyl sites for hydroxylation is 1. The molecule has 1 aromatic carbocycles. The van der Waals surface area contributed by atoms with Crippen LogP contribution in [0.3, 0.4) is 0 Å². The molecule has 17 heavy (non-hydrogen) atoms. The summed E-state index contributed by atoms with van der Waals surface area (Å²) in [6, 6.07) is 8.05. The van der Waals surface area contributed by atoms with Crippen molar-refractivity contribution < 1.29 is 9.84 Å². The third-order valence-corrected chi connectivity index (χ3v) is 3.12. The predicted molar refractivity (Wildman–Crippen MR) is 70.5 cm³/mol. The molecule has 96 valence electrons. The average molecular weight is 237 g/mol. The number of aliphatic hydroxyl groups is 1. The van der Waals surface area contributed by atoms with E-state index in [1.54, 1.807) is 0 Å². The number of aliphatic hydroxyl groups excluding tert-OH is 1. The molecule has 0 spiro atoms. The topological polar surface area (TPSA) is 41.5 Å². The molecule has 0 fully saturated rings. The van der Waals surface area contributed by atoms with Gasteiger partial charge in [-0.2, -0.15) is 0 Å². The fourth-order valence-electron chi connectivity index (χ4n) is 1.57. The normalized spacial score (nSPS) is 14.4. The first-order valence-corrected chi connectivity index (χ1v) is 6.09. The monoisotopic (exact) mass is 237 g/mol. The Labute approximate surface area is 104 Å². The lowest BCUT2D eigenvalue weighted by Gasteiger charge is -2.26. The Morgan fingerprint density at radius 2 is 1.94 bits per heavy atom. The van der Waals surface area contributed by atoms with E-state index in [1.165, 1.54) is 5.56 Å². The van der Waals surface area contributed by atoms with Gasteiger partial charge in [0, 0.05) is 5.54 Å². The zero-order chi connectivity index (χ0) is 12.7. The Hall–Kier alpha value is -1.06. The number of ether oxygens (including phenoxy) is 1. The van der Waals surface area contributed by atoms with Crippen LogP contribution in [0.4, 0.5) is 0 Å². The summed E-state index contributed by atoms with van der Waals surface area (Å²) in [6.45, 7) is 4.90. The minimum absolute atomic E-state index is 0.147. The Morgan fingerprint density at radius 1 is 1.29 bits per heavy atom. The number of nitrogens with one attached hydrogen (secondary N) is 1. The smallest absolute Gasteiger partial charge is 0.119 e. The molecule has 0 aliphatic rings. The number of hydrogen-bond acceptors (Lipinski definition) is 3. The Bertz CT molecular complexity index is 317. The Kier molecular flexibility index (Phi) is 5.45. The highest BCUT2D eigenvalue weighted by atomic mass is 16.5. The molecule has 2 N–H and O–H groups in total. The highest BCUT2D eigenvalue weighted by molar-refractivity contribution is 5.26. The van der Waals surface area contributed by atoms with E-state index >= 15 is 0 Å². The van der Waals surface area contributed by atoms with Crippen LogP contribution in [0.15, 0.2) is 24.3 Å². The van der Waals surface area contributed by atoms with Crippen molar-refractivity contribution in [3.8, 4) is 5.75 Å². The molecule has 0 aliphatic carbocycles. The van der Waals surface area contributed by atoms with Crippen molar-refractivity contribution in [3.63, 3.8) is 0 Å². The largest absolute Gasteiger partial charge is 0.494 e. The van der Waals surface area contributed by atoms with Crippen molar-refractivity contribution >= 4 is 0 Å². The van der Waals surface area contributed by atoms with Gasteiger partial charge in [-0.1, -0.05) is 17.7 Å². The van der Waals surface area contributed by atoms with Crippen LogP contribution in [0.5, 0.6) is 5.75 Å². The summed E-state index contributed by atoms with van der Waals surface area (Å²) < 4.78 is 5.64. The second kappa shape index (κ2) is 6.62. The summed E-state index contributed by atoms with van der Waals surface area (Å²) in [5, 5.41) is 12.4. The first-order chi connectivity index (χ1) is 8.09. The molecule has 1 unspecified atom stereocenters. The molecule has 1 atom stereocenters. The van der Waals surface area contributed by atoms with Crippen molar-refractivity contribution in [3.05, 3.63) is 29.8 Å². The zero-order valence-electron chi connectivity index (χ0n) is 11.0. The van der Waals surface area contributed by atoms with Gasteiger partial charge < -0.3 is 15.2 Å². The average Bonchev–Trinajstić information content (AvgIpc) is 2.36. The van der Waals surface area contributed by atoms with Crippen molar-refractivity contribution in [2.75, 3.05) is 20.3 Å². The SMILES string of the molecule is CNC(C)(CO)CCCOc1ccc(C)cc1. The minimum Gasteiger partial charge on any atom is -0.494 e. The van der Waals surface area contributed by atoms with Gasteiger partial charge in [0.15, 0.2) is 0 Å². The molecular formula is C14H23NO2. The van der Waals surface area contributed by atoms with Gasteiger partial charge in [-0.3, -0.25) is 0 Å². The van der Waals surface area contributed by atoms with Gasteiger partial charge in [0.05, 0.1) is 13.2 Å². The Morgan fingerprint density at radius 3 is 2.47 bits per heavy atom. The van der Waals surface area contributed by atoms with E-state index in [2.05, 4.69) is 12.2 Å². The standard InChI is InChI=1S/C14H23NO2/c1-12-5-7-13(8-6-12)17-10-4-9-14(2,11-16)15-3/h5-8,15-16H,4,9-11H2,1-3H3. The third-order valence-electron chi connectivity index (χ3n) is 3.12. The maximum absolute atomic E-state index is 9.23. The third kappa shape index (κ3) is 4.75. The zero-order valence-corrected chi connectivity index (χ0v) is 11.0. The van der Waals surface area contributed by atoms with Gasteiger partial charge in [-0.25, -0.2) is 0 Å². The molecule has 0 aliphatic heterocycles. The molecule has 0 bridgehead atoms. The van der Waals surface area contributed by atoms with Crippen LogP contribution in [0.25, 0.3) is 0 Å². The van der Waals surface area contributed by atoms with E-state index in [4.69, 9.17) is 4.74 Å². The summed E-state index contributed by atoms with van der Waals surface area (Å²) in [4.78, 5) is 0. The molecule has 3 heteroatoms. The summed E-state index contributed by atoms with van der Waals surface area (Å²) in [5.74, 6) is 0.908. The first kappa shape index (κ1) is 14.0. The molecule has 3 nitrogen and oxygen atoms in total. The van der Waals surface area contributed by atoms with E-state index in [-0.39, 0.29) is 12.1 Å². The molecule has 1 aromatic rings. The second-order valence-electron chi connectivity index (χ2n) is 4.73. The van der Waals surface area contributed by atoms with E-state index in [0.29, 0.717) is 6.61 Å². The van der Waals surface area contributed by atoms with Gasteiger partial charge in [-0.05, 0) is 45.9 Å². The molecule has 0 saturated carbocycles. The maximum Gasteiger partial charge on any atom is 0.119 e. The summed E-state index contributed by atoms with van der Waals surface area (Å²) >= 11 is 0. The Balaban J connectivity index is 2.26. The van der Waals surface area contributed by atoms with E-state index in [1.807, 2.05) is 38.2 Å². The van der Waals surface area contributed by atoms with Gasteiger partial charge in [0.1, 0.15) is 5.75 Å². The molecule has 1 rings (SSSR count). The first-order valence-electron chi connectivity index (χ1n) is 6.09. The highest BCUT2D eigenvalue weighted by Crippen LogP contribution is 2.14. The lowest BCUT2D eigenvalue weighted by Crippen LogP contribution is -2.43. The van der Waals surface area contributed by atoms with Crippen LogP contribution < -0.4 is 10.1 Å². The van der Waals surface area contributed by atoms with E-state index in [0.717, 1.165) is 18.6 Å². The fourth-order valence-corrected chi connectivity index (χ4v) is 1.57. The molecule has 0 amide bonds. The minimum atomic E-state index is -0.198. The van der Waals surface area contributed by atoms with E-state index in [9.17, 15) is 5.11 Å².